The molecule has 0 unspecified atom stereocenters. The number of hydrogen-bond donors (Lipinski definition) is 2. The SMILES string of the molecule is CCC[C@H]1C(=O)NC(=N)N1C(=O)OCc1ccc(C)cc1. The molecule has 1 saturated heterocycles. The fourth-order valence-corrected chi connectivity index (χ4v) is 2.18. The lowest BCUT2D eigenvalue weighted by atomic mass is 10.1. The van der Waals surface area contributed by atoms with Crippen LogP contribution in [0.25, 0.3) is 0 Å². The Balaban J connectivity index is 1.99. The molecule has 1 fully saturated rings. The highest BCUT2D eigenvalue weighted by Crippen LogP contribution is 2.15. The van der Waals surface area contributed by atoms with E-state index in [-0.39, 0.29) is 18.5 Å². The normalized spacial score (nSPS) is 17.8. The maximum atomic E-state index is 12.1. The number of nitrogens with one attached hydrogen (secondary N) is 2. The second kappa shape index (κ2) is 6.39. The van der Waals surface area contributed by atoms with Gasteiger partial charge in [0, 0.05) is 0 Å². The molecule has 2 N–H and O–H groups in total. The maximum Gasteiger partial charge on any atom is 0.417 e. The average molecular weight is 289 g/mol. The van der Waals surface area contributed by atoms with Crippen molar-refractivity contribution in [2.75, 3.05) is 0 Å². The molecule has 1 aliphatic rings. The molecule has 0 radical (unpaired) electrons. The van der Waals surface area contributed by atoms with E-state index >= 15 is 0 Å². The van der Waals surface area contributed by atoms with Crippen LogP contribution in [0.1, 0.15) is 30.9 Å². The molecule has 0 saturated carbocycles. The summed E-state index contributed by atoms with van der Waals surface area (Å²) >= 11 is 0. The third-order valence-corrected chi connectivity index (χ3v) is 3.34. The summed E-state index contributed by atoms with van der Waals surface area (Å²) in [5.41, 5.74) is 2.00. The van der Waals surface area contributed by atoms with Gasteiger partial charge >= 0.3 is 6.09 Å². The first kappa shape index (κ1) is 15.0. The topological polar surface area (TPSA) is 82.5 Å². The Hall–Kier alpha value is -2.37. The highest BCUT2D eigenvalue weighted by molar-refractivity contribution is 6.11. The quantitative estimate of drug-likeness (QED) is 0.891. The number of carbonyl (C=O) groups is 2. The van der Waals surface area contributed by atoms with Gasteiger partial charge in [-0.3, -0.25) is 15.5 Å². The summed E-state index contributed by atoms with van der Waals surface area (Å²) in [4.78, 5) is 24.9. The Morgan fingerprint density at radius 3 is 2.67 bits per heavy atom. The second-order valence-corrected chi connectivity index (χ2v) is 5.05. The van der Waals surface area contributed by atoms with Crippen LogP contribution in [-0.2, 0) is 16.1 Å². The fraction of sp³-hybridized carbons (Fsp3) is 0.400. The van der Waals surface area contributed by atoms with Crippen LogP contribution >= 0.6 is 0 Å². The molecule has 112 valence electrons. The number of carbonyl (C=O) groups excluding carboxylic acids is 2. The van der Waals surface area contributed by atoms with Crippen LogP contribution in [0, 0.1) is 12.3 Å². The zero-order valence-electron chi connectivity index (χ0n) is 12.2. The van der Waals surface area contributed by atoms with Crippen LogP contribution in [0.2, 0.25) is 0 Å². The number of guanidine groups is 1. The molecule has 2 rings (SSSR count). The Morgan fingerprint density at radius 1 is 1.38 bits per heavy atom. The van der Waals surface area contributed by atoms with Crippen molar-refractivity contribution in [1.29, 1.82) is 5.41 Å². The summed E-state index contributed by atoms with van der Waals surface area (Å²) in [5, 5.41) is 10.0. The largest absolute Gasteiger partial charge is 0.444 e. The molecule has 1 aliphatic heterocycles. The lowest BCUT2D eigenvalue weighted by Gasteiger charge is -2.20. The summed E-state index contributed by atoms with van der Waals surface area (Å²) in [6.07, 6.45) is 0.582. The summed E-state index contributed by atoms with van der Waals surface area (Å²) in [6, 6.07) is 6.99. The van der Waals surface area contributed by atoms with E-state index in [1.54, 1.807) is 0 Å². The van der Waals surface area contributed by atoms with Crippen molar-refractivity contribution < 1.29 is 14.3 Å². The van der Waals surface area contributed by atoms with Gasteiger partial charge in [-0.15, -0.1) is 0 Å². The molecule has 6 nitrogen and oxygen atoms in total. The number of aryl methyl sites for hydroxylation is 1. The van der Waals surface area contributed by atoms with Gasteiger partial charge < -0.3 is 4.74 Å². The number of ether oxygens (including phenoxy) is 1. The minimum atomic E-state index is -0.669. The average Bonchev–Trinajstić information content (AvgIpc) is 2.73. The number of rotatable bonds is 4. The highest BCUT2D eigenvalue weighted by Gasteiger charge is 2.40. The van der Waals surface area contributed by atoms with E-state index in [0.717, 1.165) is 22.4 Å². The highest BCUT2D eigenvalue weighted by atomic mass is 16.6. The molecule has 0 bridgehead atoms. The monoisotopic (exact) mass is 289 g/mol. The third kappa shape index (κ3) is 3.39. The smallest absolute Gasteiger partial charge is 0.417 e. The van der Waals surface area contributed by atoms with Crippen molar-refractivity contribution in [2.45, 2.75) is 39.3 Å². The van der Waals surface area contributed by atoms with E-state index in [0.29, 0.717) is 6.42 Å². The molecule has 1 aromatic rings. The van der Waals surface area contributed by atoms with Gasteiger partial charge in [0.05, 0.1) is 0 Å². The molecular formula is C15H19N3O3. The van der Waals surface area contributed by atoms with Gasteiger partial charge in [0.15, 0.2) is 0 Å². The van der Waals surface area contributed by atoms with Gasteiger partial charge in [0.25, 0.3) is 0 Å². The Bertz CT molecular complexity index is 554. The Kier molecular flexibility index (Phi) is 4.57. The molecule has 6 heteroatoms. The van der Waals surface area contributed by atoms with Gasteiger partial charge in [0.1, 0.15) is 12.6 Å². The van der Waals surface area contributed by atoms with Crippen LogP contribution in [0.15, 0.2) is 24.3 Å². The summed E-state index contributed by atoms with van der Waals surface area (Å²) in [5.74, 6) is -0.540. The van der Waals surface area contributed by atoms with E-state index in [2.05, 4.69) is 5.32 Å². The number of benzene rings is 1. The molecule has 1 atom stereocenters. The lowest BCUT2D eigenvalue weighted by Crippen LogP contribution is -2.40. The predicted octanol–water partition coefficient (Wildman–Crippen LogP) is 2.17. The van der Waals surface area contributed by atoms with Crippen molar-refractivity contribution in [3.05, 3.63) is 35.4 Å². The first-order chi connectivity index (χ1) is 10.0. The van der Waals surface area contributed by atoms with E-state index in [1.165, 1.54) is 0 Å². The van der Waals surface area contributed by atoms with Gasteiger partial charge in [-0.2, -0.15) is 0 Å². The minimum Gasteiger partial charge on any atom is -0.444 e. The zero-order chi connectivity index (χ0) is 15.4. The first-order valence-electron chi connectivity index (χ1n) is 6.94. The van der Waals surface area contributed by atoms with Gasteiger partial charge in [-0.05, 0) is 18.9 Å². The van der Waals surface area contributed by atoms with Crippen LogP contribution in [-0.4, -0.2) is 28.9 Å². The summed E-state index contributed by atoms with van der Waals surface area (Å²) < 4.78 is 5.20. The van der Waals surface area contributed by atoms with Crippen molar-refractivity contribution in [1.82, 2.24) is 10.2 Å². The minimum absolute atomic E-state index is 0.121. The Morgan fingerprint density at radius 2 is 2.05 bits per heavy atom. The number of nitrogens with zero attached hydrogens (tertiary/aromatic N) is 1. The van der Waals surface area contributed by atoms with Crippen molar-refractivity contribution >= 4 is 18.0 Å². The van der Waals surface area contributed by atoms with Crippen molar-refractivity contribution in [3.63, 3.8) is 0 Å². The molecule has 0 aromatic heterocycles. The van der Waals surface area contributed by atoms with Crippen LogP contribution in [0.5, 0.6) is 0 Å². The van der Waals surface area contributed by atoms with E-state index < -0.39 is 12.1 Å². The van der Waals surface area contributed by atoms with E-state index in [4.69, 9.17) is 10.1 Å². The zero-order valence-corrected chi connectivity index (χ0v) is 12.2. The molecule has 0 spiro atoms. The van der Waals surface area contributed by atoms with Crippen LogP contribution in [0.4, 0.5) is 4.79 Å². The molecule has 21 heavy (non-hydrogen) atoms. The maximum absolute atomic E-state index is 12.1. The van der Waals surface area contributed by atoms with E-state index in [9.17, 15) is 9.59 Å². The molecular weight excluding hydrogens is 270 g/mol. The summed E-state index contributed by atoms with van der Waals surface area (Å²) in [6.45, 7) is 4.02. The molecule has 0 aliphatic carbocycles. The fourth-order valence-electron chi connectivity index (χ4n) is 2.18. The lowest BCUT2D eigenvalue weighted by molar-refractivity contribution is -0.121. The summed E-state index contributed by atoms with van der Waals surface area (Å²) in [7, 11) is 0. The number of amides is 2. The molecule has 1 heterocycles. The molecule has 2 amide bonds. The van der Waals surface area contributed by atoms with Gasteiger partial charge in [-0.25, -0.2) is 9.69 Å². The second-order valence-electron chi connectivity index (χ2n) is 5.05. The van der Waals surface area contributed by atoms with Crippen molar-refractivity contribution in [3.8, 4) is 0 Å². The molecule has 1 aromatic carbocycles. The van der Waals surface area contributed by atoms with E-state index in [1.807, 2.05) is 38.1 Å². The number of hydrogen-bond acceptors (Lipinski definition) is 4. The van der Waals surface area contributed by atoms with Gasteiger partial charge in [0.2, 0.25) is 11.9 Å². The predicted molar refractivity (Wildman–Crippen MR) is 77.8 cm³/mol. The third-order valence-electron chi connectivity index (χ3n) is 3.34. The van der Waals surface area contributed by atoms with Crippen LogP contribution in [0.3, 0.4) is 0 Å². The van der Waals surface area contributed by atoms with Gasteiger partial charge in [-0.1, -0.05) is 43.2 Å². The van der Waals surface area contributed by atoms with Crippen LogP contribution < -0.4 is 5.32 Å². The Labute approximate surface area is 123 Å². The standard InChI is InChI=1S/C15H19N3O3/c1-3-4-12-13(19)17-14(16)18(12)15(20)21-9-11-7-5-10(2)6-8-11/h5-8,12H,3-4,9H2,1-2H3,(H2,16,17,19)/t12-/m0/s1. The van der Waals surface area contributed by atoms with Crippen molar-refractivity contribution in [2.24, 2.45) is 0 Å². The first-order valence-corrected chi connectivity index (χ1v) is 6.94.